The second-order valence-electron chi connectivity index (χ2n) is 6.84. The van der Waals surface area contributed by atoms with Crippen LogP contribution in [-0.2, 0) is 16.1 Å². The molecule has 1 aliphatic carbocycles. The second kappa shape index (κ2) is 10.4. The zero-order valence-corrected chi connectivity index (χ0v) is 15.9. The minimum atomic E-state index is -0.0103. The van der Waals surface area contributed by atoms with E-state index in [1.807, 2.05) is 38.1 Å². The maximum atomic E-state index is 12.3. The van der Waals surface area contributed by atoms with Crippen LogP contribution < -0.4 is 16.4 Å². The number of halogens is 1. The number of amides is 2. The third-order valence-electron chi connectivity index (χ3n) is 4.81. The summed E-state index contributed by atoms with van der Waals surface area (Å²) in [5.74, 6) is 0.125. The highest BCUT2D eigenvalue weighted by atomic mass is 35.5. The van der Waals surface area contributed by atoms with Crippen molar-refractivity contribution in [2.75, 3.05) is 5.32 Å². The normalized spacial score (nSPS) is 20.9. The Kier molecular flexibility index (Phi) is 8.93. The number of rotatable bonds is 6. The van der Waals surface area contributed by atoms with E-state index in [1.54, 1.807) is 0 Å². The number of hydrogen-bond donors (Lipinski definition) is 3. The lowest BCUT2D eigenvalue weighted by Crippen LogP contribution is -2.37. The van der Waals surface area contributed by atoms with Crippen LogP contribution in [-0.4, -0.2) is 17.9 Å². The maximum Gasteiger partial charge on any atom is 0.227 e. The van der Waals surface area contributed by atoms with Gasteiger partial charge in [-0.1, -0.05) is 32.4 Å². The summed E-state index contributed by atoms with van der Waals surface area (Å²) in [7, 11) is 0. The molecule has 2 rings (SSSR count). The molecule has 0 aromatic heterocycles. The Labute approximate surface area is 156 Å². The lowest BCUT2D eigenvalue weighted by molar-refractivity contribution is -0.126. The first-order valence-corrected chi connectivity index (χ1v) is 8.92. The highest BCUT2D eigenvalue weighted by molar-refractivity contribution is 5.92. The summed E-state index contributed by atoms with van der Waals surface area (Å²) in [4.78, 5) is 24.2. The van der Waals surface area contributed by atoms with Crippen LogP contribution in [0, 0.1) is 11.8 Å². The van der Waals surface area contributed by atoms with E-state index in [4.69, 9.17) is 5.73 Å². The number of nitrogens with two attached hydrogens (primary N) is 1. The second-order valence-corrected chi connectivity index (χ2v) is 6.84. The Balaban J connectivity index is 0.00000312. The minimum Gasteiger partial charge on any atom is -0.352 e. The van der Waals surface area contributed by atoms with Crippen molar-refractivity contribution in [1.82, 2.24) is 5.32 Å². The molecule has 0 bridgehead atoms. The Bertz CT molecular complexity index is 580. The van der Waals surface area contributed by atoms with E-state index in [1.165, 1.54) is 0 Å². The van der Waals surface area contributed by atoms with Crippen molar-refractivity contribution in [1.29, 1.82) is 0 Å². The van der Waals surface area contributed by atoms with Crippen LogP contribution in [0.5, 0.6) is 0 Å². The van der Waals surface area contributed by atoms with Gasteiger partial charge in [0.15, 0.2) is 0 Å². The molecule has 3 unspecified atom stereocenters. The lowest BCUT2D eigenvalue weighted by atomic mass is 9.85. The zero-order chi connectivity index (χ0) is 17.5. The fourth-order valence-corrected chi connectivity index (χ4v) is 3.01. The molecule has 3 atom stereocenters. The molecule has 0 spiro atoms. The third kappa shape index (κ3) is 6.67. The van der Waals surface area contributed by atoms with Gasteiger partial charge in [-0.2, -0.15) is 0 Å². The SMILES string of the molecule is CCC(C)C(=O)Nc1cccc(CNC(=O)C2CCCC(N)C2)c1.Cl. The molecule has 140 valence electrons. The first-order chi connectivity index (χ1) is 11.5. The average Bonchev–Trinajstić information content (AvgIpc) is 2.59. The predicted molar refractivity (Wildman–Crippen MR) is 104 cm³/mol. The van der Waals surface area contributed by atoms with Gasteiger partial charge in [0, 0.05) is 30.1 Å². The lowest BCUT2D eigenvalue weighted by Gasteiger charge is -2.25. The molecule has 0 radical (unpaired) electrons. The quantitative estimate of drug-likeness (QED) is 0.721. The largest absolute Gasteiger partial charge is 0.352 e. The molecule has 1 aliphatic rings. The first kappa shape index (κ1) is 21.5. The molecule has 1 fully saturated rings. The van der Waals surface area contributed by atoms with Crippen molar-refractivity contribution in [3.05, 3.63) is 29.8 Å². The van der Waals surface area contributed by atoms with Gasteiger partial charge in [0.25, 0.3) is 0 Å². The van der Waals surface area contributed by atoms with Gasteiger partial charge >= 0.3 is 0 Å². The Morgan fingerprint density at radius 3 is 2.76 bits per heavy atom. The van der Waals surface area contributed by atoms with Crippen molar-refractivity contribution in [3.63, 3.8) is 0 Å². The van der Waals surface area contributed by atoms with Crippen molar-refractivity contribution >= 4 is 29.9 Å². The fourth-order valence-electron chi connectivity index (χ4n) is 3.01. The fraction of sp³-hybridized carbons (Fsp3) is 0.579. The Morgan fingerprint density at radius 1 is 1.32 bits per heavy atom. The molecular formula is C19H30ClN3O2. The van der Waals surface area contributed by atoms with Crippen LogP contribution in [0.3, 0.4) is 0 Å². The van der Waals surface area contributed by atoms with Gasteiger partial charge in [0.1, 0.15) is 0 Å². The van der Waals surface area contributed by atoms with E-state index < -0.39 is 0 Å². The van der Waals surface area contributed by atoms with Crippen LogP contribution in [0.4, 0.5) is 5.69 Å². The van der Waals surface area contributed by atoms with Gasteiger partial charge in [-0.25, -0.2) is 0 Å². The summed E-state index contributed by atoms with van der Waals surface area (Å²) in [5, 5.41) is 5.92. The van der Waals surface area contributed by atoms with Gasteiger partial charge in [-0.05, 0) is 43.4 Å². The molecule has 6 heteroatoms. The first-order valence-electron chi connectivity index (χ1n) is 8.92. The molecule has 25 heavy (non-hydrogen) atoms. The molecule has 4 N–H and O–H groups in total. The summed E-state index contributed by atoms with van der Waals surface area (Å²) in [5.41, 5.74) is 7.70. The molecule has 0 heterocycles. The van der Waals surface area contributed by atoms with E-state index in [2.05, 4.69) is 10.6 Å². The monoisotopic (exact) mass is 367 g/mol. The number of nitrogens with one attached hydrogen (secondary N) is 2. The number of carbonyl (C=O) groups is 2. The third-order valence-corrected chi connectivity index (χ3v) is 4.81. The topological polar surface area (TPSA) is 84.2 Å². The molecule has 1 aromatic rings. The smallest absolute Gasteiger partial charge is 0.227 e. The van der Waals surface area contributed by atoms with E-state index in [0.29, 0.717) is 6.54 Å². The van der Waals surface area contributed by atoms with Gasteiger partial charge in [0.2, 0.25) is 11.8 Å². The van der Waals surface area contributed by atoms with Crippen molar-refractivity contribution in [3.8, 4) is 0 Å². The van der Waals surface area contributed by atoms with Gasteiger partial charge in [-0.15, -0.1) is 12.4 Å². The van der Waals surface area contributed by atoms with Gasteiger partial charge in [0.05, 0.1) is 0 Å². The molecule has 1 saturated carbocycles. The standard InChI is InChI=1S/C19H29N3O2.ClH/c1-3-13(2)18(23)22-17-9-4-6-14(10-17)12-21-19(24)15-7-5-8-16(20)11-15;/h4,6,9-10,13,15-16H,3,5,7-8,11-12,20H2,1-2H3,(H,21,24)(H,22,23);1H. The molecule has 5 nitrogen and oxygen atoms in total. The molecule has 2 amide bonds. The summed E-state index contributed by atoms with van der Waals surface area (Å²) >= 11 is 0. The van der Waals surface area contributed by atoms with Crippen molar-refractivity contribution in [2.24, 2.45) is 17.6 Å². The van der Waals surface area contributed by atoms with Crippen LogP contribution in [0.1, 0.15) is 51.5 Å². The summed E-state index contributed by atoms with van der Waals surface area (Å²) in [6.07, 6.45) is 4.55. The number of hydrogen-bond acceptors (Lipinski definition) is 3. The Morgan fingerprint density at radius 2 is 2.08 bits per heavy atom. The van der Waals surface area contributed by atoms with E-state index in [9.17, 15) is 9.59 Å². The molecule has 1 aromatic carbocycles. The van der Waals surface area contributed by atoms with Crippen LogP contribution in [0.25, 0.3) is 0 Å². The highest BCUT2D eigenvalue weighted by Gasteiger charge is 2.24. The number of carbonyl (C=O) groups excluding carboxylic acids is 2. The van der Waals surface area contributed by atoms with E-state index >= 15 is 0 Å². The Hall–Kier alpha value is -1.59. The van der Waals surface area contributed by atoms with Crippen molar-refractivity contribution in [2.45, 2.75) is 58.5 Å². The summed E-state index contributed by atoms with van der Waals surface area (Å²) in [6.45, 7) is 4.37. The predicted octanol–water partition coefficient (Wildman–Crippen LogP) is 3.23. The van der Waals surface area contributed by atoms with Gasteiger partial charge < -0.3 is 16.4 Å². The van der Waals surface area contributed by atoms with Crippen LogP contribution in [0.2, 0.25) is 0 Å². The molecule has 0 saturated heterocycles. The van der Waals surface area contributed by atoms with Crippen LogP contribution in [0.15, 0.2) is 24.3 Å². The highest BCUT2D eigenvalue weighted by Crippen LogP contribution is 2.23. The molecule has 0 aliphatic heterocycles. The number of anilines is 1. The number of benzene rings is 1. The van der Waals surface area contributed by atoms with Crippen molar-refractivity contribution < 1.29 is 9.59 Å². The minimum absolute atomic E-state index is 0. The van der Waals surface area contributed by atoms with Crippen LogP contribution >= 0.6 is 12.4 Å². The maximum absolute atomic E-state index is 12.3. The average molecular weight is 368 g/mol. The summed E-state index contributed by atoms with van der Waals surface area (Å²) in [6, 6.07) is 7.77. The van der Waals surface area contributed by atoms with E-state index in [0.717, 1.165) is 43.4 Å². The zero-order valence-electron chi connectivity index (χ0n) is 15.1. The van der Waals surface area contributed by atoms with Gasteiger partial charge in [-0.3, -0.25) is 9.59 Å². The van der Waals surface area contributed by atoms with E-state index in [-0.39, 0.29) is 42.1 Å². The summed E-state index contributed by atoms with van der Waals surface area (Å²) < 4.78 is 0. The molecular weight excluding hydrogens is 338 g/mol.